The molecule has 0 aliphatic carbocycles. The predicted molar refractivity (Wildman–Crippen MR) is 117 cm³/mol. The van der Waals surface area contributed by atoms with Gasteiger partial charge in [-0.15, -0.1) is 0 Å². The average molecular weight is 449 g/mol. The van der Waals surface area contributed by atoms with Gasteiger partial charge in [-0.3, -0.25) is 14.6 Å². The molecular weight excluding hydrogens is 423 g/mol. The van der Waals surface area contributed by atoms with Crippen LogP contribution < -0.4 is 10.2 Å². The second-order valence-corrected chi connectivity index (χ2v) is 7.79. The van der Waals surface area contributed by atoms with Crippen LogP contribution in [0.4, 0.5) is 9.18 Å². The number of rotatable bonds is 2. The summed E-state index contributed by atoms with van der Waals surface area (Å²) in [7, 11) is 0. The fraction of sp³-hybridized carbons (Fsp3) is 0.429. The maximum absolute atomic E-state index is 13.7. The van der Waals surface area contributed by atoms with E-state index in [1.807, 2.05) is 18.9 Å². The van der Waals surface area contributed by atoms with Gasteiger partial charge in [-0.05, 0) is 49.2 Å². The van der Waals surface area contributed by atoms with Gasteiger partial charge in [-0.1, -0.05) is 13.8 Å². The van der Waals surface area contributed by atoms with Gasteiger partial charge in [0.15, 0.2) is 5.17 Å². The maximum atomic E-state index is 13.7. The van der Waals surface area contributed by atoms with E-state index >= 15 is 0 Å². The first-order chi connectivity index (χ1) is 15.0. The van der Waals surface area contributed by atoms with Gasteiger partial charge in [0.25, 0.3) is 5.91 Å². The highest BCUT2D eigenvalue weighted by Gasteiger charge is 2.30. The molecule has 2 fully saturated rings. The Morgan fingerprint density at radius 2 is 2.03 bits per heavy atom. The molecule has 0 atom stereocenters. The first-order valence-corrected chi connectivity index (χ1v) is 11.2. The topological polar surface area (TPSA) is 91.3 Å². The van der Waals surface area contributed by atoms with Crippen LogP contribution in [0.25, 0.3) is 6.08 Å². The maximum Gasteiger partial charge on any atom is 0.422 e. The molecule has 10 heteroatoms. The van der Waals surface area contributed by atoms with Gasteiger partial charge in [-0.2, -0.15) is 4.99 Å². The second kappa shape index (κ2) is 10.5. The fourth-order valence-corrected chi connectivity index (χ4v) is 4.12. The third-order valence-corrected chi connectivity index (χ3v) is 5.71. The number of amidine groups is 1. The molecule has 3 heterocycles. The van der Waals surface area contributed by atoms with Crippen molar-refractivity contribution in [3.8, 4) is 5.75 Å². The summed E-state index contributed by atoms with van der Waals surface area (Å²) in [5.74, 6) is -1.38. The number of imide groups is 1. The van der Waals surface area contributed by atoms with E-state index in [-0.39, 0.29) is 24.6 Å². The number of hydrogen-bond donors (Lipinski definition) is 1. The van der Waals surface area contributed by atoms with Crippen molar-refractivity contribution in [2.24, 2.45) is 4.99 Å². The molecule has 3 amide bonds. The van der Waals surface area contributed by atoms with Crippen LogP contribution in [0.2, 0.25) is 0 Å². The number of ether oxygens (including phenoxy) is 1. The third-order valence-electron chi connectivity index (χ3n) is 4.70. The van der Waals surface area contributed by atoms with E-state index in [0.29, 0.717) is 22.1 Å². The van der Waals surface area contributed by atoms with Crippen molar-refractivity contribution in [1.29, 1.82) is 0 Å². The zero-order valence-corrected chi connectivity index (χ0v) is 18.3. The molecule has 0 radical (unpaired) electrons. The van der Waals surface area contributed by atoms with Gasteiger partial charge in [0, 0.05) is 37.7 Å². The Morgan fingerprint density at radius 3 is 2.71 bits per heavy atom. The number of nitrogens with zero attached hydrogens (tertiary/aromatic N) is 3. The molecule has 8 nitrogen and oxygen atoms in total. The highest BCUT2D eigenvalue weighted by atomic mass is 32.2. The van der Waals surface area contributed by atoms with E-state index in [1.54, 1.807) is 0 Å². The van der Waals surface area contributed by atoms with Crippen molar-refractivity contribution in [3.63, 3.8) is 0 Å². The molecule has 0 spiro atoms. The smallest absolute Gasteiger partial charge is 0.409 e. The quantitative estimate of drug-likeness (QED) is 0.692. The number of nitrogens with one attached hydrogen (secondary N) is 1. The summed E-state index contributed by atoms with van der Waals surface area (Å²) in [6, 6.07) is 3.69. The Bertz CT molecular complexity index is 928. The van der Waals surface area contributed by atoms with Crippen LogP contribution in [0.1, 0.15) is 45.1 Å². The van der Waals surface area contributed by atoms with Gasteiger partial charge in [-0.25, -0.2) is 19.5 Å². The summed E-state index contributed by atoms with van der Waals surface area (Å²) in [5.41, 5.74) is 3.54. The fourth-order valence-electron chi connectivity index (χ4n) is 3.21. The Morgan fingerprint density at radius 1 is 1.23 bits per heavy atom. The van der Waals surface area contributed by atoms with Gasteiger partial charge in [0.05, 0.1) is 4.91 Å². The largest absolute Gasteiger partial charge is 0.422 e. The molecule has 1 aromatic carbocycles. The lowest BCUT2D eigenvalue weighted by atomic mass is 10.2. The highest BCUT2D eigenvalue weighted by Crippen LogP contribution is 2.33. The van der Waals surface area contributed by atoms with Crippen LogP contribution in [-0.4, -0.2) is 52.6 Å². The monoisotopic (exact) mass is 448 g/mol. The summed E-state index contributed by atoms with van der Waals surface area (Å²) in [4.78, 5) is 41.7. The Balaban J connectivity index is 0.00000132. The number of hydrazine groups is 1. The van der Waals surface area contributed by atoms with E-state index in [0.717, 1.165) is 36.9 Å². The number of hydrogen-bond acceptors (Lipinski definition) is 7. The molecule has 3 aliphatic rings. The Kier molecular flexibility index (Phi) is 7.80. The van der Waals surface area contributed by atoms with Crippen molar-refractivity contribution in [1.82, 2.24) is 15.3 Å². The minimum atomic E-state index is -0.849. The van der Waals surface area contributed by atoms with Crippen LogP contribution >= 0.6 is 11.8 Å². The molecule has 0 unspecified atom stereocenters. The number of thioether (sulfide) groups is 1. The molecule has 31 heavy (non-hydrogen) atoms. The number of likely N-dealkylation sites (tertiary alicyclic amines) is 1. The van der Waals surface area contributed by atoms with E-state index < -0.39 is 17.8 Å². The van der Waals surface area contributed by atoms with Crippen LogP contribution in [0.5, 0.6) is 5.75 Å². The van der Waals surface area contributed by atoms with Crippen molar-refractivity contribution in [2.75, 3.05) is 19.6 Å². The van der Waals surface area contributed by atoms with Crippen LogP contribution in [0.3, 0.4) is 0 Å². The number of halogens is 1. The van der Waals surface area contributed by atoms with E-state index in [2.05, 4.69) is 10.4 Å². The molecule has 0 saturated carbocycles. The summed E-state index contributed by atoms with van der Waals surface area (Å²) in [5, 5.41) is 2.40. The number of carbonyl (C=O) groups excluding carboxylic acids is 3. The molecule has 1 aromatic rings. The van der Waals surface area contributed by atoms with Gasteiger partial charge in [0.2, 0.25) is 5.91 Å². The minimum Gasteiger partial charge on any atom is -0.409 e. The van der Waals surface area contributed by atoms with Crippen molar-refractivity contribution in [3.05, 3.63) is 34.5 Å². The number of benzene rings is 1. The molecule has 4 rings (SSSR count). The summed E-state index contributed by atoms with van der Waals surface area (Å²) >= 11 is 1.20. The lowest BCUT2D eigenvalue weighted by Crippen LogP contribution is -2.45. The lowest BCUT2D eigenvalue weighted by molar-refractivity contribution is -0.125. The van der Waals surface area contributed by atoms with E-state index in [4.69, 9.17) is 4.74 Å². The number of carbonyl (C=O) groups is 3. The van der Waals surface area contributed by atoms with Crippen LogP contribution in [-0.2, 0) is 9.59 Å². The Labute approximate surface area is 184 Å². The molecule has 166 valence electrons. The molecule has 1 N–H and O–H groups in total. The van der Waals surface area contributed by atoms with Gasteiger partial charge >= 0.3 is 6.09 Å². The molecule has 0 bridgehead atoms. The lowest BCUT2D eigenvalue weighted by Gasteiger charge is -2.28. The first kappa shape index (κ1) is 23.0. The number of amides is 3. The van der Waals surface area contributed by atoms with E-state index in [9.17, 15) is 18.8 Å². The molecule has 3 aliphatic heterocycles. The zero-order valence-electron chi connectivity index (χ0n) is 17.5. The van der Waals surface area contributed by atoms with Crippen LogP contribution in [0.15, 0.2) is 28.1 Å². The van der Waals surface area contributed by atoms with Crippen LogP contribution in [0, 0.1) is 5.82 Å². The summed E-state index contributed by atoms with van der Waals surface area (Å²) in [6.07, 6.45) is 3.59. The van der Waals surface area contributed by atoms with Crippen molar-refractivity contribution >= 4 is 40.9 Å². The van der Waals surface area contributed by atoms with Crippen molar-refractivity contribution < 1.29 is 23.5 Å². The third kappa shape index (κ3) is 5.50. The molecule has 2 saturated heterocycles. The Hall–Kier alpha value is -2.72. The van der Waals surface area contributed by atoms with E-state index in [1.165, 1.54) is 30.0 Å². The zero-order chi connectivity index (χ0) is 22.4. The number of aliphatic imine (C=N–C) groups is 1. The SMILES string of the molecule is CC.O=C1N=C(N2CCCCN2)S/C1=C/c1ccc(F)cc1OC(=O)N1CCCC1=O. The highest BCUT2D eigenvalue weighted by molar-refractivity contribution is 8.18. The summed E-state index contributed by atoms with van der Waals surface area (Å²) in [6.45, 7) is 5.85. The predicted octanol–water partition coefficient (Wildman–Crippen LogP) is 3.54. The molecule has 0 aromatic heterocycles. The van der Waals surface area contributed by atoms with Gasteiger partial charge in [0.1, 0.15) is 11.6 Å². The second-order valence-electron chi connectivity index (χ2n) is 6.78. The molecular formula is C21H25FN4O4S. The van der Waals surface area contributed by atoms with Gasteiger partial charge < -0.3 is 4.74 Å². The summed E-state index contributed by atoms with van der Waals surface area (Å²) < 4.78 is 19.0. The standard InChI is InChI=1S/C19H19FN4O4S.C2H6/c20-13-6-5-12(14(11-13)28-19(27)23-8-3-4-16(23)25)10-15-17(26)22-18(29-15)24-9-2-1-7-21-24;1-2/h5-6,10-11,21H,1-4,7-9H2;1-2H3/b15-10+;. The minimum absolute atomic E-state index is 0.0554. The normalized spacial score (nSPS) is 20.0. The van der Waals surface area contributed by atoms with Crippen molar-refractivity contribution in [2.45, 2.75) is 39.5 Å². The average Bonchev–Trinajstić information content (AvgIpc) is 3.37. The first-order valence-electron chi connectivity index (χ1n) is 10.4.